The number of nitro groups is 1. The number of ether oxygens (including phenoxy) is 3. The maximum Gasteiger partial charge on any atom is 0.513 e. The molecule has 170 valence electrons. The molecule has 11 nitrogen and oxygen atoms in total. The molecule has 0 fully saturated rings. The summed E-state index contributed by atoms with van der Waals surface area (Å²) in [5, 5.41) is 22.7. The van der Waals surface area contributed by atoms with Gasteiger partial charge in [0.1, 0.15) is 12.4 Å². The van der Waals surface area contributed by atoms with Crippen molar-refractivity contribution in [3.8, 4) is 0 Å². The van der Waals surface area contributed by atoms with Crippen LogP contribution in [-0.2, 0) is 20.6 Å². The number of aryl methyl sites for hydroxylation is 1. The van der Waals surface area contributed by atoms with Crippen LogP contribution in [0.2, 0.25) is 0 Å². The van der Waals surface area contributed by atoms with E-state index in [-0.39, 0.29) is 30.6 Å². The van der Waals surface area contributed by atoms with Crippen molar-refractivity contribution in [2.24, 2.45) is 0 Å². The SMILES string of the molecule is CCc1nnc(C2=C(C)NC(C)=C(OC(=O)OCCOC)C2c2cccc([N+](=O)[O-])c2)o1. The maximum absolute atomic E-state index is 12.3. The van der Waals surface area contributed by atoms with E-state index in [0.717, 1.165) is 0 Å². The molecule has 2 aromatic rings. The number of aromatic nitrogens is 2. The molecular formula is C21H24N4O7. The Morgan fingerprint density at radius 3 is 2.69 bits per heavy atom. The Morgan fingerprint density at radius 1 is 1.25 bits per heavy atom. The lowest BCUT2D eigenvalue weighted by molar-refractivity contribution is -0.384. The monoisotopic (exact) mass is 444 g/mol. The van der Waals surface area contributed by atoms with Gasteiger partial charge in [0.15, 0.2) is 0 Å². The summed E-state index contributed by atoms with van der Waals surface area (Å²) in [6.45, 7) is 5.65. The van der Waals surface area contributed by atoms with Gasteiger partial charge in [0, 0.05) is 31.4 Å². The zero-order chi connectivity index (χ0) is 23.3. The Labute approximate surface area is 184 Å². The number of allylic oxidation sites excluding steroid dienone is 3. The number of carbonyl (C=O) groups is 1. The highest BCUT2D eigenvalue weighted by Crippen LogP contribution is 2.44. The first-order valence-electron chi connectivity index (χ1n) is 9.94. The van der Waals surface area contributed by atoms with Gasteiger partial charge in [-0.05, 0) is 19.4 Å². The number of rotatable bonds is 8. The van der Waals surface area contributed by atoms with Crippen molar-refractivity contribution in [3.05, 3.63) is 68.9 Å². The summed E-state index contributed by atoms with van der Waals surface area (Å²) in [4.78, 5) is 23.2. The Kier molecular flexibility index (Phi) is 7.21. The van der Waals surface area contributed by atoms with Crippen LogP contribution in [0.4, 0.5) is 10.5 Å². The molecule has 1 atom stereocenters. The first-order chi connectivity index (χ1) is 15.3. The normalized spacial score (nSPS) is 16.1. The number of dihydropyridines is 1. The molecular weight excluding hydrogens is 420 g/mol. The molecule has 32 heavy (non-hydrogen) atoms. The molecule has 3 rings (SSSR count). The van der Waals surface area contributed by atoms with Crippen LogP contribution >= 0.6 is 0 Å². The third-order valence-electron chi connectivity index (χ3n) is 4.81. The summed E-state index contributed by atoms with van der Waals surface area (Å²) < 4.78 is 21.3. The van der Waals surface area contributed by atoms with Crippen molar-refractivity contribution >= 4 is 17.4 Å². The van der Waals surface area contributed by atoms with Crippen LogP contribution in [0, 0.1) is 10.1 Å². The number of nitrogens with zero attached hydrogens (tertiary/aromatic N) is 3. The van der Waals surface area contributed by atoms with Crippen LogP contribution in [0.1, 0.15) is 44.0 Å². The minimum atomic E-state index is -0.924. The standard InChI is InChI=1S/C21H24N4O7/c1-5-16-23-24-20(31-16)17-12(2)22-13(3)19(32-21(26)30-10-9-29-4)18(17)14-7-6-8-15(11-14)25(27)28/h6-8,11,18,22H,5,9-10H2,1-4H3. The van der Waals surface area contributed by atoms with Crippen LogP contribution in [0.3, 0.4) is 0 Å². The van der Waals surface area contributed by atoms with Crippen LogP contribution < -0.4 is 5.32 Å². The Balaban J connectivity index is 2.08. The lowest BCUT2D eigenvalue weighted by Crippen LogP contribution is -2.27. The van der Waals surface area contributed by atoms with Gasteiger partial charge in [0.2, 0.25) is 11.8 Å². The van der Waals surface area contributed by atoms with E-state index in [9.17, 15) is 14.9 Å². The van der Waals surface area contributed by atoms with Gasteiger partial charge in [-0.3, -0.25) is 10.1 Å². The Bertz CT molecular complexity index is 1070. The molecule has 0 bridgehead atoms. The van der Waals surface area contributed by atoms with Gasteiger partial charge < -0.3 is 23.9 Å². The third-order valence-corrected chi connectivity index (χ3v) is 4.81. The molecule has 0 spiro atoms. The molecule has 1 aliphatic heterocycles. The van der Waals surface area contributed by atoms with Gasteiger partial charge >= 0.3 is 6.16 Å². The smallest absolute Gasteiger partial charge is 0.432 e. The highest BCUT2D eigenvalue weighted by atomic mass is 16.7. The molecule has 0 amide bonds. The lowest BCUT2D eigenvalue weighted by Gasteiger charge is -2.29. The second kappa shape index (κ2) is 10.1. The van der Waals surface area contributed by atoms with Crippen molar-refractivity contribution in [1.29, 1.82) is 0 Å². The number of methoxy groups -OCH3 is 1. The van der Waals surface area contributed by atoms with Crippen LogP contribution in [0.5, 0.6) is 0 Å². The highest BCUT2D eigenvalue weighted by molar-refractivity contribution is 5.75. The molecule has 1 N–H and O–H groups in total. The summed E-state index contributed by atoms with van der Waals surface area (Å²) in [6.07, 6.45) is -0.384. The second-order valence-corrected chi connectivity index (χ2v) is 6.99. The largest absolute Gasteiger partial charge is 0.513 e. The molecule has 0 radical (unpaired) electrons. The molecule has 2 heterocycles. The van der Waals surface area contributed by atoms with E-state index in [1.54, 1.807) is 19.1 Å². The number of non-ortho nitro benzene ring substituents is 1. The van der Waals surface area contributed by atoms with Crippen molar-refractivity contribution in [1.82, 2.24) is 15.5 Å². The van der Waals surface area contributed by atoms with Gasteiger partial charge in [0.25, 0.3) is 5.69 Å². The third kappa shape index (κ3) is 4.94. The minimum Gasteiger partial charge on any atom is -0.432 e. The molecule has 0 saturated carbocycles. The van der Waals surface area contributed by atoms with Gasteiger partial charge in [-0.15, -0.1) is 10.2 Å². The molecule has 1 aliphatic rings. The van der Waals surface area contributed by atoms with E-state index in [1.807, 2.05) is 13.8 Å². The fourth-order valence-corrected chi connectivity index (χ4v) is 3.36. The van der Waals surface area contributed by atoms with Crippen molar-refractivity contribution in [3.63, 3.8) is 0 Å². The Hall–Kier alpha value is -3.73. The van der Waals surface area contributed by atoms with Crippen LogP contribution in [0.25, 0.3) is 5.57 Å². The fraction of sp³-hybridized carbons (Fsp3) is 0.381. The predicted octanol–water partition coefficient (Wildman–Crippen LogP) is 3.69. The number of carbonyl (C=O) groups excluding carboxylic acids is 1. The molecule has 1 aromatic carbocycles. The zero-order valence-corrected chi connectivity index (χ0v) is 18.2. The topological polar surface area (TPSA) is 139 Å². The van der Waals surface area contributed by atoms with E-state index in [4.69, 9.17) is 18.6 Å². The van der Waals surface area contributed by atoms with Crippen molar-refractivity contribution in [2.45, 2.75) is 33.1 Å². The van der Waals surface area contributed by atoms with E-state index in [0.29, 0.717) is 34.8 Å². The van der Waals surface area contributed by atoms with Crippen molar-refractivity contribution < 1.29 is 28.3 Å². The lowest BCUT2D eigenvalue weighted by atomic mass is 9.84. The number of nitro benzene ring substituents is 1. The average Bonchev–Trinajstić information content (AvgIpc) is 3.24. The number of hydrogen-bond donors (Lipinski definition) is 1. The predicted molar refractivity (Wildman–Crippen MR) is 112 cm³/mol. The van der Waals surface area contributed by atoms with E-state index in [2.05, 4.69) is 15.5 Å². The van der Waals surface area contributed by atoms with E-state index in [1.165, 1.54) is 19.2 Å². The van der Waals surface area contributed by atoms with Gasteiger partial charge in [-0.25, -0.2) is 4.79 Å². The van der Waals surface area contributed by atoms with E-state index < -0.39 is 17.0 Å². The molecule has 0 aliphatic carbocycles. The number of benzene rings is 1. The number of hydrogen-bond acceptors (Lipinski definition) is 10. The maximum atomic E-state index is 12.3. The molecule has 1 aromatic heterocycles. The highest BCUT2D eigenvalue weighted by Gasteiger charge is 2.36. The quantitative estimate of drug-likeness (QED) is 0.277. The van der Waals surface area contributed by atoms with Crippen LogP contribution in [-0.4, -0.2) is 41.6 Å². The second-order valence-electron chi connectivity index (χ2n) is 6.99. The first kappa shape index (κ1) is 22.9. The summed E-state index contributed by atoms with van der Waals surface area (Å²) in [7, 11) is 1.49. The van der Waals surface area contributed by atoms with Crippen LogP contribution in [0.15, 0.2) is 45.8 Å². The number of nitrogens with one attached hydrogen (secondary N) is 1. The molecule has 0 saturated heterocycles. The fourth-order valence-electron chi connectivity index (χ4n) is 3.36. The first-order valence-corrected chi connectivity index (χ1v) is 9.94. The molecule has 11 heteroatoms. The summed E-state index contributed by atoms with van der Waals surface area (Å²) >= 11 is 0. The zero-order valence-electron chi connectivity index (χ0n) is 18.2. The van der Waals surface area contributed by atoms with Gasteiger partial charge in [0.05, 0.1) is 28.7 Å². The Morgan fingerprint density at radius 2 is 2.03 bits per heavy atom. The summed E-state index contributed by atoms with van der Waals surface area (Å²) in [5.41, 5.74) is 2.19. The van der Waals surface area contributed by atoms with Gasteiger partial charge in [-0.2, -0.15) is 0 Å². The average molecular weight is 444 g/mol. The van der Waals surface area contributed by atoms with E-state index >= 15 is 0 Å². The summed E-state index contributed by atoms with van der Waals surface area (Å²) in [5.74, 6) is 0.150. The minimum absolute atomic E-state index is 0.0157. The molecule has 1 unspecified atom stereocenters. The van der Waals surface area contributed by atoms with Gasteiger partial charge in [-0.1, -0.05) is 19.1 Å². The summed E-state index contributed by atoms with van der Waals surface area (Å²) in [6, 6.07) is 6.09. The van der Waals surface area contributed by atoms with Crippen molar-refractivity contribution in [2.75, 3.05) is 20.3 Å².